The Hall–Kier alpha value is -3.65. The zero-order valence-electron chi connectivity index (χ0n) is 22.8. The van der Waals surface area contributed by atoms with E-state index in [4.69, 9.17) is 0 Å². The minimum atomic E-state index is -4.08. The number of hydrogen-bond acceptors (Lipinski definition) is 4. The van der Waals surface area contributed by atoms with E-state index >= 15 is 0 Å². The van der Waals surface area contributed by atoms with Crippen molar-refractivity contribution in [2.75, 3.05) is 17.4 Å². The van der Waals surface area contributed by atoms with Crippen LogP contribution < -0.4 is 9.62 Å². The standard InChI is InChI=1S/C30H37N3O4S/c1-6-27(30(35)31-7-2)32(20-25-16-12-11-14-23(25)4)29(34)21-33(28-19-13-15-22(3)24(28)5)38(36,37)26-17-9-8-10-18-26/h8-19,27H,6-7,20-21H2,1-5H3,(H,31,35)/t27-/m1/s1. The van der Waals surface area contributed by atoms with Gasteiger partial charge in [-0.2, -0.15) is 0 Å². The summed E-state index contributed by atoms with van der Waals surface area (Å²) >= 11 is 0. The van der Waals surface area contributed by atoms with Gasteiger partial charge < -0.3 is 10.2 Å². The molecule has 3 aromatic rings. The fourth-order valence-corrected chi connectivity index (χ4v) is 5.91. The van der Waals surface area contributed by atoms with Gasteiger partial charge in [-0.15, -0.1) is 0 Å². The van der Waals surface area contributed by atoms with Gasteiger partial charge in [-0.1, -0.05) is 61.5 Å². The first kappa shape index (κ1) is 28.9. The molecule has 0 radical (unpaired) electrons. The largest absolute Gasteiger partial charge is 0.355 e. The SMILES string of the molecule is CCNC(=O)[C@@H](CC)N(Cc1ccccc1C)C(=O)CN(c1cccc(C)c1C)S(=O)(=O)c1ccccc1. The van der Waals surface area contributed by atoms with Crippen LogP contribution in [0.15, 0.2) is 77.7 Å². The Morgan fingerprint density at radius 3 is 2.11 bits per heavy atom. The number of nitrogens with zero attached hydrogens (tertiary/aromatic N) is 2. The van der Waals surface area contributed by atoms with E-state index in [-0.39, 0.29) is 17.3 Å². The molecule has 202 valence electrons. The Morgan fingerprint density at radius 1 is 0.842 bits per heavy atom. The molecule has 0 heterocycles. The summed E-state index contributed by atoms with van der Waals surface area (Å²) in [6.45, 7) is 9.55. The van der Waals surface area contributed by atoms with Crippen LogP contribution in [0, 0.1) is 20.8 Å². The summed E-state index contributed by atoms with van der Waals surface area (Å²) in [5.41, 5.74) is 3.99. The minimum absolute atomic E-state index is 0.0925. The van der Waals surface area contributed by atoms with Crippen LogP contribution in [0.3, 0.4) is 0 Å². The Kier molecular flexibility index (Phi) is 9.69. The average molecular weight is 536 g/mol. The Balaban J connectivity index is 2.11. The fourth-order valence-electron chi connectivity index (χ4n) is 4.42. The first-order valence-electron chi connectivity index (χ1n) is 12.9. The Bertz CT molecular complexity index is 1370. The van der Waals surface area contributed by atoms with Crippen LogP contribution in [0.5, 0.6) is 0 Å². The van der Waals surface area contributed by atoms with Crippen molar-refractivity contribution in [3.8, 4) is 0 Å². The normalized spacial score (nSPS) is 12.0. The zero-order valence-corrected chi connectivity index (χ0v) is 23.6. The molecular weight excluding hydrogens is 498 g/mol. The molecule has 0 saturated carbocycles. The third-order valence-electron chi connectivity index (χ3n) is 6.79. The predicted molar refractivity (Wildman–Crippen MR) is 151 cm³/mol. The average Bonchev–Trinajstić information content (AvgIpc) is 2.90. The predicted octanol–water partition coefficient (Wildman–Crippen LogP) is 4.75. The molecule has 0 saturated heterocycles. The van der Waals surface area contributed by atoms with Gasteiger partial charge in [0, 0.05) is 13.1 Å². The molecular formula is C30H37N3O4S. The monoisotopic (exact) mass is 535 g/mol. The van der Waals surface area contributed by atoms with Gasteiger partial charge >= 0.3 is 0 Å². The van der Waals surface area contributed by atoms with E-state index in [1.165, 1.54) is 21.3 Å². The lowest BCUT2D eigenvalue weighted by Gasteiger charge is -2.34. The van der Waals surface area contributed by atoms with Gasteiger partial charge in [0.1, 0.15) is 12.6 Å². The number of sulfonamides is 1. The summed E-state index contributed by atoms with van der Waals surface area (Å²) < 4.78 is 29.0. The van der Waals surface area contributed by atoms with E-state index in [0.29, 0.717) is 18.7 Å². The van der Waals surface area contributed by atoms with Crippen LogP contribution >= 0.6 is 0 Å². The van der Waals surface area contributed by atoms with E-state index in [0.717, 1.165) is 22.3 Å². The molecule has 0 aliphatic carbocycles. The minimum Gasteiger partial charge on any atom is -0.355 e. The number of carbonyl (C=O) groups is 2. The van der Waals surface area contributed by atoms with E-state index in [1.807, 2.05) is 65.0 Å². The van der Waals surface area contributed by atoms with Crippen LogP contribution in [0.4, 0.5) is 5.69 Å². The number of benzene rings is 3. The van der Waals surface area contributed by atoms with Gasteiger partial charge in [0.15, 0.2) is 0 Å². The lowest BCUT2D eigenvalue weighted by molar-refractivity contribution is -0.140. The van der Waals surface area contributed by atoms with Crippen LogP contribution in [-0.2, 0) is 26.2 Å². The number of carbonyl (C=O) groups excluding carboxylic acids is 2. The van der Waals surface area contributed by atoms with Crippen LogP contribution in [0.1, 0.15) is 42.5 Å². The number of anilines is 1. The molecule has 0 aliphatic heterocycles. The van der Waals surface area contributed by atoms with Gasteiger partial charge in [0.05, 0.1) is 10.6 Å². The lowest BCUT2D eigenvalue weighted by atomic mass is 10.1. The van der Waals surface area contributed by atoms with Gasteiger partial charge in [-0.05, 0) is 74.6 Å². The molecule has 3 rings (SSSR count). The number of rotatable bonds is 11. The second-order valence-electron chi connectivity index (χ2n) is 9.31. The van der Waals surface area contributed by atoms with E-state index in [9.17, 15) is 18.0 Å². The summed E-state index contributed by atoms with van der Waals surface area (Å²) in [4.78, 5) is 28.7. The molecule has 0 aromatic heterocycles. The van der Waals surface area contributed by atoms with E-state index in [1.54, 1.807) is 30.3 Å². The molecule has 0 unspecified atom stereocenters. The van der Waals surface area contributed by atoms with Crippen molar-refractivity contribution in [1.82, 2.24) is 10.2 Å². The maximum atomic E-state index is 14.1. The van der Waals surface area contributed by atoms with Crippen molar-refractivity contribution in [2.45, 2.75) is 58.5 Å². The van der Waals surface area contributed by atoms with Crippen molar-refractivity contribution in [3.05, 3.63) is 95.1 Å². The van der Waals surface area contributed by atoms with Crippen molar-refractivity contribution in [3.63, 3.8) is 0 Å². The number of nitrogens with one attached hydrogen (secondary N) is 1. The molecule has 1 N–H and O–H groups in total. The van der Waals surface area contributed by atoms with Crippen LogP contribution in [-0.4, -0.2) is 44.3 Å². The fraction of sp³-hybridized carbons (Fsp3) is 0.333. The number of aryl methyl sites for hydroxylation is 2. The summed E-state index contributed by atoms with van der Waals surface area (Å²) in [7, 11) is -4.08. The molecule has 0 fully saturated rings. The van der Waals surface area contributed by atoms with Crippen molar-refractivity contribution in [1.29, 1.82) is 0 Å². The second kappa shape index (κ2) is 12.7. The second-order valence-corrected chi connectivity index (χ2v) is 11.2. The van der Waals surface area contributed by atoms with Crippen molar-refractivity contribution >= 4 is 27.5 Å². The van der Waals surface area contributed by atoms with Crippen LogP contribution in [0.25, 0.3) is 0 Å². The first-order valence-corrected chi connectivity index (χ1v) is 14.3. The van der Waals surface area contributed by atoms with Gasteiger partial charge in [0.25, 0.3) is 10.0 Å². The molecule has 1 atom stereocenters. The summed E-state index contributed by atoms with van der Waals surface area (Å²) in [6.07, 6.45) is 0.387. The van der Waals surface area contributed by atoms with Crippen LogP contribution in [0.2, 0.25) is 0 Å². The molecule has 3 aromatic carbocycles. The third kappa shape index (κ3) is 6.42. The van der Waals surface area contributed by atoms with E-state index < -0.39 is 28.5 Å². The number of amides is 2. The highest BCUT2D eigenvalue weighted by molar-refractivity contribution is 7.92. The number of likely N-dealkylation sites (N-methyl/N-ethyl adjacent to an activating group) is 1. The first-order chi connectivity index (χ1) is 18.1. The number of hydrogen-bond donors (Lipinski definition) is 1. The summed E-state index contributed by atoms with van der Waals surface area (Å²) in [5.74, 6) is -0.715. The Morgan fingerprint density at radius 2 is 1.47 bits per heavy atom. The maximum Gasteiger partial charge on any atom is 0.264 e. The highest BCUT2D eigenvalue weighted by Gasteiger charge is 2.34. The third-order valence-corrected chi connectivity index (χ3v) is 8.57. The van der Waals surface area contributed by atoms with Crippen molar-refractivity contribution < 1.29 is 18.0 Å². The van der Waals surface area contributed by atoms with Gasteiger partial charge in [-0.25, -0.2) is 8.42 Å². The summed E-state index contributed by atoms with van der Waals surface area (Å²) in [6, 6.07) is 20.4. The molecule has 8 heteroatoms. The highest BCUT2D eigenvalue weighted by atomic mass is 32.2. The molecule has 2 amide bonds. The summed E-state index contributed by atoms with van der Waals surface area (Å²) in [5, 5.41) is 2.83. The molecule has 0 bridgehead atoms. The van der Waals surface area contributed by atoms with Gasteiger partial charge in [0.2, 0.25) is 11.8 Å². The molecule has 0 spiro atoms. The lowest BCUT2D eigenvalue weighted by Crippen LogP contribution is -2.52. The zero-order chi connectivity index (χ0) is 27.9. The quantitative estimate of drug-likeness (QED) is 0.384. The maximum absolute atomic E-state index is 14.1. The molecule has 0 aliphatic rings. The Labute approximate surface area is 226 Å². The van der Waals surface area contributed by atoms with E-state index in [2.05, 4.69) is 5.32 Å². The topological polar surface area (TPSA) is 86.8 Å². The van der Waals surface area contributed by atoms with Gasteiger partial charge in [-0.3, -0.25) is 13.9 Å². The highest BCUT2D eigenvalue weighted by Crippen LogP contribution is 2.29. The smallest absolute Gasteiger partial charge is 0.264 e. The van der Waals surface area contributed by atoms with Crippen molar-refractivity contribution in [2.24, 2.45) is 0 Å². The molecule has 7 nitrogen and oxygen atoms in total. The molecule has 38 heavy (non-hydrogen) atoms.